The molecule has 4 aliphatic rings. The van der Waals surface area contributed by atoms with Crippen LogP contribution in [0.15, 0.2) is 31.0 Å². The molecule has 7 rings (SSSR count). The molecule has 2 aromatic heterocycles. The first-order valence-electron chi connectivity index (χ1n) is 15.7. The topological polar surface area (TPSA) is 94.9 Å². The molecule has 12 heteroatoms. The molecule has 45 heavy (non-hydrogen) atoms. The average Bonchev–Trinajstić information content (AvgIpc) is 3.54. The number of hydrogen-bond donors (Lipinski definition) is 1. The van der Waals surface area contributed by atoms with Crippen LogP contribution in [-0.2, 0) is 4.79 Å². The van der Waals surface area contributed by atoms with Crippen molar-refractivity contribution in [1.82, 2.24) is 24.8 Å². The van der Waals surface area contributed by atoms with E-state index in [9.17, 15) is 14.3 Å². The third kappa shape index (κ3) is 5.17. The standard InChI is InChI=1S/C33H37ClF2N6O3/c1-4-26(44)42-11-8-25(18(42)2)40(3)31-23-15-37-29(22-12-21(43)13-24(34)27(22)19-6-7-19)28(36)30(23)38-32(39-31)45-17-33-9-5-10-41(33)16-20(35)14-33/h4,12-13,15,18-20,25,43H,1,5-11,14,16-17H2,2-3H3/t18-,20+,25-,33-/m0/s1. The van der Waals surface area contributed by atoms with Gasteiger partial charge in [-0.15, -0.1) is 0 Å². The van der Waals surface area contributed by atoms with Crippen molar-refractivity contribution in [2.24, 2.45) is 0 Å². The van der Waals surface area contributed by atoms with E-state index in [1.165, 1.54) is 18.2 Å². The number of amides is 1. The predicted octanol–water partition coefficient (Wildman–Crippen LogP) is 5.63. The van der Waals surface area contributed by atoms with Gasteiger partial charge in [-0.05, 0) is 75.3 Å². The summed E-state index contributed by atoms with van der Waals surface area (Å²) in [5.41, 5.74) is 0.815. The van der Waals surface area contributed by atoms with Crippen molar-refractivity contribution in [2.75, 3.05) is 38.2 Å². The van der Waals surface area contributed by atoms with Gasteiger partial charge in [0.2, 0.25) is 5.91 Å². The van der Waals surface area contributed by atoms with Gasteiger partial charge in [-0.3, -0.25) is 14.7 Å². The van der Waals surface area contributed by atoms with Crippen molar-refractivity contribution in [1.29, 1.82) is 0 Å². The molecule has 3 saturated heterocycles. The van der Waals surface area contributed by atoms with Gasteiger partial charge in [-0.25, -0.2) is 8.78 Å². The van der Waals surface area contributed by atoms with E-state index in [1.807, 2.05) is 18.9 Å². The SMILES string of the molecule is C=CC(=O)N1CC[C@H](N(C)c2nc(OC[C@@]34CCCN3C[C@H](F)C4)nc3c(F)c(-c4cc(O)cc(Cl)c4C4CC4)ncc23)[C@@H]1C. The molecule has 0 radical (unpaired) electrons. The Morgan fingerprint density at radius 2 is 2.09 bits per heavy atom. The Labute approximate surface area is 265 Å². The summed E-state index contributed by atoms with van der Waals surface area (Å²) in [6.07, 6.45) is 6.61. The Balaban J connectivity index is 1.32. The fourth-order valence-corrected chi connectivity index (χ4v) is 8.17. The predicted molar refractivity (Wildman–Crippen MR) is 168 cm³/mol. The van der Waals surface area contributed by atoms with Gasteiger partial charge in [0.25, 0.3) is 0 Å². The summed E-state index contributed by atoms with van der Waals surface area (Å²) in [4.78, 5) is 32.2. The molecule has 1 saturated carbocycles. The smallest absolute Gasteiger partial charge is 0.319 e. The lowest BCUT2D eigenvalue weighted by Crippen LogP contribution is -2.44. The lowest BCUT2D eigenvalue weighted by Gasteiger charge is -2.32. The number of nitrogens with zero attached hydrogens (tertiary/aromatic N) is 6. The van der Waals surface area contributed by atoms with Gasteiger partial charge >= 0.3 is 6.01 Å². The second-order valence-corrected chi connectivity index (χ2v) is 13.4. The highest BCUT2D eigenvalue weighted by Crippen LogP contribution is 2.49. The average molecular weight is 639 g/mol. The first-order valence-corrected chi connectivity index (χ1v) is 16.0. The molecule has 5 heterocycles. The second kappa shape index (κ2) is 11.3. The number of aromatic hydroxyl groups is 1. The van der Waals surface area contributed by atoms with Gasteiger partial charge in [0.15, 0.2) is 5.82 Å². The molecule has 0 bridgehead atoms. The lowest BCUT2D eigenvalue weighted by atomic mass is 9.95. The normalized spacial score (nSPS) is 26.4. The van der Waals surface area contributed by atoms with Gasteiger partial charge in [-0.2, -0.15) is 9.97 Å². The highest BCUT2D eigenvalue weighted by Gasteiger charge is 2.49. The van der Waals surface area contributed by atoms with E-state index in [0.29, 0.717) is 47.7 Å². The molecule has 1 aromatic carbocycles. The number of alkyl halides is 1. The first-order chi connectivity index (χ1) is 21.6. The van der Waals surface area contributed by atoms with Crippen molar-refractivity contribution in [3.05, 3.63) is 47.4 Å². The molecule has 1 amide bonds. The van der Waals surface area contributed by atoms with E-state index in [4.69, 9.17) is 21.3 Å². The van der Waals surface area contributed by atoms with Gasteiger partial charge in [0, 0.05) is 49.4 Å². The number of phenols is 1. The number of carbonyl (C=O) groups excluding carboxylic acids is 1. The van der Waals surface area contributed by atoms with Crippen molar-refractivity contribution in [2.45, 2.75) is 75.2 Å². The number of aromatic nitrogens is 3. The zero-order valence-corrected chi connectivity index (χ0v) is 26.2. The van der Waals surface area contributed by atoms with Crippen molar-refractivity contribution in [3.8, 4) is 23.0 Å². The van der Waals surface area contributed by atoms with Crippen LogP contribution >= 0.6 is 11.6 Å². The van der Waals surface area contributed by atoms with Crippen LogP contribution in [0.4, 0.5) is 14.6 Å². The molecule has 3 aromatic rings. The minimum absolute atomic E-state index is 0.00929. The van der Waals surface area contributed by atoms with Gasteiger partial charge in [-0.1, -0.05) is 18.2 Å². The molecule has 9 nitrogen and oxygen atoms in total. The van der Waals surface area contributed by atoms with E-state index >= 15 is 4.39 Å². The van der Waals surface area contributed by atoms with Crippen LogP contribution in [0.5, 0.6) is 11.8 Å². The van der Waals surface area contributed by atoms with Crippen LogP contribution in [0, 0.1) is 5.82 Å². The number of rotatable bonds is 8. The van der Waals surface area contributed by atoms with Crippen molar-refractivity contribution < 1.29 is 23.4 Å². The van der Waals surface area contributed by atoms with Crippen LogP contribution in [0.1, 0.15) is 56.9 Å². The molecule has 4 fully saturated rings. The summed E-state index contributed by atoms with van der Waals surface area (Å²) in [5, 5.41) is 11.1. The molecular weight excluding hydrogens is 602 g/mol. The fraction of sp³-hybridized carbons (Fsp3) is 0.515. The van der Waals surface area contributed by atoms with E-state index in [0.717, 1.165) is 37.8 Å². The summed E-state index contributed by atoms with van der Waals surface area (Å²) >= 11 is 6.54. The molecule has 3 aliphatic heterocycles. The second-order valence-electron chi connectivity index (χ2n) is 13.0. The molecule has 0 spiro atoms. The maximum atomic E-state index is 16.7. The fourth-order valence-electron chi connectivity index (χ4n) is 7.80. The quantitative estimate of drug-likeness (QED) is 0.317. The van der Waals surface area contributed by atoms with Crippen LogP contribution in [0.3, 0.4) is 0 Å². The number of anilines is 1. The van der Waals surface area contributed by atoms with Gasteiger partial charge in [0.1, 0.15) is 35.6 Å². The number of fused-ring (bicyclic) bond motifs is 2. The number of halogens is 3. The number of phenolic OH excluding ortho intramolecular Hbond substituents is 1. The molecule has 0 unspecified atom stereocenters. The highest BCUT2D eigenvalue weighted by molar-refractivity contribution is 6.32. The summed E-state index contributed by atoms with van der Waals surface area (Å²) in [6, 6.07) is 2.67. The van der Waals surface area contributed by atoms with E-state index in [-0.39, 0.29) is 53.5 Å². The Hall–Kier alpha value is -3.57. The number of hydrogen-bond acceptors (Lipinski definition) is 8. The number of benzene rings is 1. The van der Waals surface area contributed by atoms with Crippen LogP contribution in [-0.4, -0.2) is 92.8 Å². The first kappa shape index (κ1) is 30.1. The lowest BCUT2D eigenvalue weighted by molar-refractivity contribution is -0.126. The largest absolute Gasteiger partial charge is 0.508 e. The highest BCUT2D eigenvalue weighted by atomic mass is 35.5. The molecule has 1 aliphatic carbocycles. The van der Waals surface area contributed by atoms with Gasteiger partial charge < -0.3 is 19.6 Å². The summed E-state index contributed by atoms with van der Waals surface area (Å²) in [6.45, 7) is 7.54. The molecule has 238 valence electrons. The Kier molecular flexibility index (Phi) is 7.59. The van der Waals surface area contributed by atoms with Crippen LogP contribution in [0.25, 0.3) is 22.2 Å². The van der Waals surface area contributed by atoms with E-state index in [1.54, 1.807) is 11.1 Å². The van der Waals surface area contributed by atoms with Gasteiger partial charge in [0.05, 0.1) is 17.0 Å². The number of carbonyl (C=O) groups is 1. The van der Waals surface area contributed by atoms with E-state index < -0.39 is 17.5 Å². The number of ether oxygens (including phenoxy) is 1. The third-order valence-corrected chi connectivity index (χ3v) is 10.5. The molecular formula is C33H37ClF2N6O3. The zero-order chi connectivity index (χ0) is 31.6. The maximum Gasteiger partial charge on any atom is 0.319 e. The summed E-state index contributed by atoms with van der Waals surface area (Å²) in [7, 11) is 1.86. The summed E-state index contributed by atoms with van der Waals surface area (Å²) < 4.78 is 37.4. The maximum absolute atomic E-state index is 16.7. The Morgan fingerprint density at radius 1 is 1.29 bits per heavy atom. The zero-order valence-electron chi connectivity index (χ0n) is 25.5. The van der Waals surface area contributed by atoms with Crippen LogP contribution < -0.4 is 9.64 Å². The minimum atomic E-state index is -0.918. The summed E-state index contributed by atoms with van der Waals surface area (Å²) in [5.74, 6) is -0.312. The number of likely N-dealkylation sites (N-methyl/N-ethyl adjacent to an activating group) is 1. The Morgan fingerprint density at radius 3 is 2.84 bits per heavy atom. The van der Waals surface area contributed by atoms with E-state index in [2.05, 4.69) is 21.4 Å². The number of pyridine rings is 1. The third-order valence-electron chi connectivity index (χ3n) is 10.2. The minimum Gasteiger partial charge on any atom is -0.508 e. The van der Waals surface area contributed by atoms with Crippen molar-refractivity contribution in [3.63, 3.8) is 0 Å². The van der Waals surface area contributed by atoms with Crippen molar-refractivity contribution >= 4 is 34.2 Å². The Bertz CT molecular complexity index is 1690. The molecule has 4 atom stereocenters. The molecule has 1 N–H and O–H groups in total. The number of likely N-dealkylation sites (tertiary alicyclic amines) is 1. The van der Waals surface area contributed by atoms with Crippen LogP contribution in [0.2, 0.25) is 5.02 Å². The monoisotopic (exact) mass is 638 g/mol.